The van der Waals surface area contributed by atoms with E-state index >= 15 is 0 Å². The van der Waals surface area contributed by atoms with Crippen LogP contribution in [0.4, 0.5) is 0 Å². The van der Waals surface area contributed by atoms with Crippen LogP contribution in [0.2, 0.25) is 0 Å². The van der Waals surface area contributed by atoms with Crippen LogP contribution in [0.1, 0.15) is 296 Å². The van der Waals surface area contributed by atoms with Crippen molar-refractivity contribution in [2.24, 2.45) is 0 Å². The molecule has 0 aromatic carbocycles. The molecule has 0 bridgehead atoms. The first-order valence-corrected chi connectivity index (χ1v) is 27.6. The summed E-state index contributed by atoms with van der Waals surface area (Å²) in [6.45, 7) is 4.87. The molecule has 0 aromatic rings. The number of carbonyl (C=O) groups is 2. The van der Waals surface area contributed by atoms with E-state index in [1.807, 2.05) is 6.08 Å². The molecule has 0 fully saturated rings. The number of amides is 1. The fraction of sp³-hybridized carbons (Fsp3) is 0.893. The molecule has 2 unspecified atom stereocenters. The van der Waals surface area contributed by atoms with Gasteiger partial charge in [0.1, 0.15) is 0 Å². The highest BCUT2D eigenvalue weighted by Gasteiger charge is 2.18. The predicted octanol–water partition coefficient (Wildman–Crippen LogP) is 16.7. The molecule has 2 atom stereocenters. The van der Waals surface area contributed by atoms with Crippen LogP contribution in [-0.2, 0) is 14.3 Å². The number of rotatable bonds is 51. The summed E-state index contributed by atoms with van der Waals surface area (Å²) in [5, 5.41) is 22.9. The average Bonchev–Trinajstić information content (AvgIpc) is 3.27. The van der Waals surface area contributed by atoms with E-state index in [4.69, 9.17) is 4.74 Å². The van der Waals surface area contributed by atoms with Gasteiger partial charge in [0, 0.05) is 12.8 Å². The minimum atomic E-state index is -0.850. The second-order valence-corrected chi connectivity index (χ2v) is 18.9. The molecule has 0 spiro atoms. The summed E-state index contributed by atoms with van der Waals surface area (Å²) in [6, 6.07) is -0.635. The number of aliphatic hydroxyl groups is 2. The number of allylic oxidation sites excluding steroid dienone is 3. The normalized spacial score (nSPS) is 12.8. The molecule has 0 saturated carbocycles. The van der Waals surface area contributed by atoms with Crippen molar-refractivity contribution in [3.63, 3.8) is 0 Å². The third-order valence-corrected chi connectivity index (χ3v) is 12.7. The van der Waals surface area contributed by atoms with E-state index in [0.29, 0.717) is 19.4 Å². The minimum absolute atomic E-state index is 0.00608. The van der Waals surface area contributed by atoms with Gasteiger partial charge in [-0.15, -0.1) is 0 Å². The number of esters is 1. The second kappa shape index (κ2) is 52.0. The summed E-state index contributed by atoms with van der Waals surface area (Å²) in [7, 11) is 0. The molecular formula is C56H107NO5. The zero-order valence-electron chi connectivity index (χ0n) is 41.6. The van der Waals surface area contributed by atoms with Crippen LogP contribution in [-0.4, -0.2) is 47.4 Å². The van der Waals surface area contributed by atoms with Gasteiger partial charge in [-0.05, 0) is 57.8 Å². The van der Waals surface area contributed by atoms with Gasteiger partial charge in [-0.25, -0.2) is 0 Å². The fourth-order valence-electron chi connectivity index (χ4n) is 8.45. The van der Waals surface area contributed by atoms with Crippen LogP contribution in [0.5, 0.6) is 0 Å². The zero-order chi connectivity index (χ0) is 45.1. The van der Waals surface area contributed by atoms with E-state index in [0.717, 1.165) is 57.8 Å². The van der Waals surface area contributed by atoms with Crippen molar-refractivity contribution in [2.75, 3.05) is 13.2 Å². The Kier molecular flexibility index (Phi) is 50.6. The van der Waals surface area contributed by atoms with Gasteiger partial charge in [0.05, 0.1) is 25.4 Å². The van der Waals surface area contributed by atoms with Crippen molar-refractivity contribution >= 4 is 11.9 Å². The summed E-state index contributed by atoms with van der Waals surface area (Å²) in [4.78, 5) is 24.4. The van der Waals surface area contributed by atoms with Gasteiger partial charge < -0.3 is 20.3 Å². The van der Waals surface area contributed by atoms with Crippen LogP contribution in [0.15, 0.2) is 24.3 Å². The molecule has 0 radical (unpaired) electrons. The van der Waals surface area contributed by atoms with Gasteiger partial charge in [-0.3, -0.25) is 9.59 Å². The second-order valence-electron chi connectivity index (χ2n) is 18.9. The molecule has 366 valence electrons. The lowest BCUT2D eigenvalue weighted by Crippen LogP contribution is -2.45. The van der Waals surface area contributed by atoms with E-state index in [1.165, 1.54) is 212 Å². The summed E-state index contributed by atoms with van der Waals surface area (Å²) in [6.07, 6.45) is 62.0. The molecular weight excluding hydrogens is 767 g/mol. The molecule has 0 heterocycles. The molecule has 0 rings (SSSR count). The molecule has 3 N–H and O–H groups in total. The number of ether oxygens (including phenoxy) is 1. The van der Waals surface area contributed by atoms with Crippen LogP contribution < -0.4 is 5.32 Å². The van der Waals surface area contributed by atoms with Gasteiger partial charge in [0.2, 0.25) is 5.91 Å². The Balaban J connectivity index is 3.41. The van der Waals surface area contributed by atoms with Crippen LogP contribution in [0.25, 0.3) is 0 Å². The Bertz CT molecular complexity index is 966. The highest BCUT2D eigenvalue weighted by Crippen LogP contribution is 2.16. The first-order valence-electron chi connectivity index (χ1n) is 27.6. The SMILES string of the molecule is CCCCCCCCC/C=C/C(O)C(CO)NC(=O)CCCCCCC/C=C\CCCCCCCCCCCOC(=O)CCCCCCCCCCCCCCCCCCCC. The van der Waals surface area contributed by atoms with Crippen molar-refractivity contribution in [1.82, 2.24) is 5.32 Å². The molecule has 0 aliphatic rings. The Morgan fingerprint density at radius 3 is 1.15 bits per heavy atom. The maximum atomic E-state index is 12.4. The number of nitrogens with one attached hydrogen (secondary N) is 1. The molecule has 0 aliphatic carbocycles. The van der Waals surface area contributed by atoms with Crippen molar-refractivity contribution in [3.05, 3.63) is 24.3 Å². The quantitative estimate of drug-likeness (QED) is 0.0321. The number of hydrogen-bond acceptors (Lipinski definition) is 5. The maximum absolute atomic E-state index is 12.4. The molecule has 0 saturated heterocycles. The Hall–Kier alpha value is -1.66. The first kappa shape index (κ1) is 60.3. The van der Waals surface area contributed by atoms with Gasteiger partial charge in [-0.2, -0.15) is 0 Å². The average molecular weight is 874 g/mol. The summed E-state index contributed by atoms with van der Waals surface area (Å²) >= 11 is 0. The molecule has 6 heteroatoms. The molecule has 62 heavy (non-hydrogen) atoms. The number of aliphatic hydroxyl groups excluding tert-OH is 2. The third-order valence-electron chi connectivity index (χ3n) is 12.7. The monoisotopic (exact) mass is 874 g/mol. The maximum Gasteiger partial charge on any atom is 0.305 e. The van der Waals surface area contributed by atoms with Crippen molar-refractivity contribution < 1.29 is 24.5 Å². The molecule has 1 amide bonds. The summed E-state index contributed by atoms with van der Waals surface area (Å²) in [5.74, 6) is -0.0788. The zero-order valence-corrected chi connectivity index (χ0v) is 41.6. The van der Waals surface area contributed by atoms with Crippen LogP contribution in [0.3, 0.4) is 0 Å². The van der Waals surface area contributed by atoms with E-state index in [1.54, 1.807) is 6.08 Å². The molecule has 6 nitrogen and oxygen atoms in total. The third kappa shape index (κ3) is 47.8. The van der Waals surface area contributed by atoms with Crippen molar-refractivity contribution in [1.29, 1.82) is 0 Å². The summed E-state index contributed by atoms with van der Waals surface area (Å²) < 4.78 is 5.48. The van der Waals surface area contributed by atoms with Gasteiger partial charge >= 0.3 is 5.97 Å². The predicted molar refractivity (Wildman–Crippen MR) is 269 cm³/mol. The Morgan fingerprint density at radius 2 is 0.758 bits per heavy atom. The number of unbranched alkanes of at least 4 members (excludes halogenated alkanes) is 38. The Morgan fingerprint density at radius 1 is 0.435 bits per heavy atom. The van der Waals surface area contributed by atoms with E-state index in [-0.39, 0.29) is 18.5 Å². The largest absolute Gasteiger partial charge is 0.466 e. The smallest absolute Gasteiger partial charge is 0.305 e. The minimum Gasteiger partial charge on any atom is -0.466 e. The lowest BCUT2D eigenvalue weighted by molar-refractivity contribution is -0.143. The molecule has 0 aliphatic heterocycles. The highest BCUT2D eigenvalue weighted by molar-refractivity contribution is 5.76. The summed E-state index contributed by atoms with van der Waals surface area (Å²) in [5.41, 5.74) is 0. The topological polar surface area (TPSA) is 95.9 Å². The van der Waals surface area contributed by atoms with Crippen LogP contribution in [0, 0.1) is 0 Å². The van der Waals surface area contributed by atoms with E-state index in [9.17, 15) is 19.8 Å². The first-order chi connectivity index (χ1) is 30.5. The van der Waals surface area contributed by atoms with E-state index < -0.39 is 12.1 Å². The number of hydrogen-bond donors (Lipinski definition) is 3. The number of carbonyl (C=O) groups excluding carboxylic acids is 2. The van der Waals surface area contributed by atoms with Crippen LogP contribution >= 0.6 is 0 Å². The highest BCUT2D eigenvalue weighted by atomic mass is 16.5. The van der Waals surface area contributed by atoms with E-state index in [2.05, 4.69) is 31.3 Å². The van der Waals surface area contributed by atoms with Crippen molar-refractivity contribution in [2.45, 2.75) is 309 Å². The fourth-order valence-corrected chi connectivity index (χ4v) is 8.45. The lowest BCUT2D eigenvalue weighted by atomic mass is 10.0. The van der Waals surface area contributed by atoms with Gasteiger partial charge in [-0.1, -0.05) is 250 Å². The van der Waals surface area contributed by atoms with Gasteiger partial charge in [0.25, 0.3) is 0 Å². The molecule has 0 aromatic heterocycles. The standard InChI is InChI=1S/C56H107NO5/c1-3-5-7-9-11-13-14-15-16-17-21-24-27-30-34-38-42-46-50-56(61)62-51-47-43-39-35-31-28-25-22-19-18-20-23-26-29-33-37-41-45-49-55(60)57-53(52-58)54(59)48-44-40-36-32-12-10-8-6-4-2/h20,23,44,48,53-54,58-59H,3-19,21-22,24-43,45-47,49-52H2,1-2H3,(H,57,60)/b23-20-,48-44+. The van der Waals surface area contributed by atoms with Gasteiger partial charge in [0.15, 0.2) is 0 Å². The van der Waals surface area contributed by atoms with Crippen molar-refractivity contribution in [3.8, 4) is 0 Å². The lowest BCUT2D eigenvalue weighted by Gasteiger charge is -2.20. The Labute approximate surface area is 386 Å².